The van der Waals surface area contributed by atoms with E-state index in [-0.39, 0.29) is 17.5 Å². The van der Waals surface area contributed by atoms with E-state index in [4.69, 9.17) is 4.98 Å². The fourth-order valence-corrected chi connectivity index (χ4v) is 4.12. The molecule has 1 aliphatic heterocycles. The Morgan fingerprint density at radius 1 is 1.10 bits per heavy atom. The summed E-state index contributed by atoms with van der Waals surface area (Å²) in [7, 11) is 0. The predicted molar refractivity (Wildman–Crippen MR) is 113 cm³/mol. The third-order valence-electron chi connectivity index (χ3n) is 5.71. The van der Waals surface area contributed by atoms with Crippen LogP contribution in [0.4, 0.5) is 0 Å². The van der Waals surface area contributed by atoms with Crippen LogP contribution < -0.4 is 10.9 Å². The maximum absolute atomic E-state index is 12.8. The first kappa shape index (κ1) is 17.7. The van der Waals surface area contributed by atoms with Crippen LogP contribution >= 0.6 is 0 Å². The Balaban J connectivity index is 1.62. The van der Waals surface area contributed by atoms with Gasteiger partial charge in [0.2, 0.25) is 0 Å². The quantitative estimate of drug-likeness (QED) is 0.588. The molecule has 0 saturated carbocycles. The van der Waals surface area contributed by atoms with Crippen LogP contribution in [-0.4, -0.2) is 25.6 Å². The van der Waals surface area contributed by atoms with E-state index < -0.39 is 0 Å². The van der Waals surface area contributed by atoms with E-state index in [1.807, 2.05) is 0 Å². The number of aromatic nitrogens is 4. The highest BCUT2D eigenvalue weighted by molar-refractivity contribution is 5.85. The second-order valence-corrected chi connectivity index (χ2v) is 7.46. The van der Waals surface area contributed by atoms with Crippen molar-refractivity contribution >= 4 is 10.8 Å². The molecule has 1 aliphatic rings. The SMILES string of the molecule is CC1NCn2c(nc(-c3ccncn3)cc2=O)C1Cc1cccc2ccccc12. The molecular weight excluding hydrogens is 362 g/mol. The van der Waals surface area contributed by atoms with Gasteiger partial charge in [-0.25, -0.2) is 15.0 Å². The summed E-state index contributed by atoms with van der Waals surface area (Å²) in [6.07, 6.45) is 3.94. The molecular formula is C23H21N5O. The van der Waals surface area contributed by atoms with Crippen molar-refractivity contribution in [2.24, 2.45) is 0 Å². The van der Waals surface area contributed by atoms with E-state index in [1.54, 1.807) is 22.9 Å². The molecule has 2 unspecified atom stereocenters. The van der Waals surface area contributed by atoms with E-state index in [1.165, 1.54) is 22.7 Å². The van der Waals surface area contributed by atoms with Crippen LogP contribution in [0, 0.1) is 0 Å². The molecule has 2 aromatic heterocycles. The highest BCUT2D eigenvalue weighted by Gasteiger charge is 2.29. The normalized spacial score (nSPS) is 18.5. The van der Waals surface area contributed by atoms with Gasteiger partial charge in [0.1, 0.15) is 12.2 Å². The molecule has 0 aliphatic carbocycles. The molecule has 6 heteroatoms. The van der Waals surface area contributed by atoms with Crippen LogP contribution in [-0.2, 0) is 13.1 Å². The number of benzene rings is 2. The molecule has 0 saturated heterocycles. The van der Waals surface area contributed by atoms with Crippen LogP contribution in [0.15, 0.2) is 71.9 Å². The van der Waals surface area contributed by atoms with E-state index in [9.17, 15) is 4.79 Å². The van der Waals surface area contributed by atoms with Crippen molar-refractivity contribution in [2.45, 2.75) is 32.0 Å². The maximum atomic E-state index is 12.8. The van der Waals surface area contributed by atoms with Crippen molar-refractivity contribution in [3.8, 4) is 11.4 Å². The fraction of sp³-hybridized carbons (Fsp3) is 0.217. The smallest absolute Gasteiger partial charge is 0.255 e. The van der Waals surface area contributed by atoms with Gasteiger partial charge in [0.25, 0.3) is 5.56 Å². The van der Waals surface area contributed by atoms with E-state index in [2.05, 4.69) is 64.7 Å². The zero-order valence-electron chi connectivity index (χ0n) is 16.1. The molecule has 4 aromatic rings. The number of fused-ring (bicyclic) bond motifs is 2. The summed E-state index contributed by atoms with van der Waals surface area (Å²) in [5.74, 6) is 0.884. The van der Waals surface area contributed by atoms with Crippen LogP contribution in [0.3, 0.4) is 0 Å². The molecule has 6 nitrogen and oxygen atoms in total. The van der Waals surface area contributed by atoms with E-state index in [0.29, 0.717) is 18.1 Å². The van der Waals surface area contributed by atoms with Gasteiger partial charge < -0.3 is 0 Å². The van der Waals surface area contributed by atoms with E-state index >= 15 is 0 Å². The first-order valence-corrected chi connectivity index (χ1v) is 9.79. The second kappa shape index (κ2) is 7.22. The van der Waals surface area contributed by atoms with Gasteiger partial charge in [0.05, 0.1) is 18.1 Å². The minimum Gasteiger partial charge on any atom is -0.296 e. The summed E-state index contributed by atoms with van der Waals surface area (Å²) in [6, 6.07) is 18.3. The molecule has 0 radical (unpaired) electrons. The van der Waals surface area contributed by atoms with Crippen LogP contribution in [0.25, 0.3) is 22.2 Å². The lowest BCUT2D eigenvalue weighted by Crippen LogP contribution is -2.46. The third kappa shape index (κ3) is 3.21. The molecule has 0 amide bonds. The zero-order chi connectivity index (χ0) is 19.8. The minimum absolute atomic E-state index is 0.0640. The van der Waals surface area contributed by atoms with Gasteiger partial charge in [-0.15, -0.1) is 0 Å². The first-order chi connectivity index (χ1) is 14.2. The van der Waals surface area contributed by atoms with Crippen LogP contribution in [0.1, 0.15) is 24.2 Å². The minimum atomic E-state index is -0.0640. The Morgan fingerprint density at radius 2 is 1.97 bits per heavy atom. The number of nitrogens with zero attached hydrogens (tertiary/aromatic N) is 4. The predicted octanol–water partition coefficient (Wildman–Crippen LogP) is 3.13. The van der Waals surface area contributed by atoms with Crippen molar-refractivity contribution < 1.29 is 0 Å². The summed E-state index contributed by atoms with van der Waals surface area (Å²) in [6.45, 7) is 2.63. The summed E-state index contributed by atoms with van der Waals surface area (Å²) < 4.78 is 1.74. The molecule has 2 aromatic carbocycles. The van der Waals surface area contributed by atoms with Crippen LogP contribution in [0.2, 0.25) is 0 Å². The maximum Gasteiger partial charge on any atom is 0.255 e. The molecule has 2 atom stereocenters. The monoisotopic (exact) mass is 383 g/mol. The summed E-state index contributed by atoms with van der Waals surface area (Å²) >= 11 is 0. The van der Waals surface area contributed by atoms with Crippen molar-refractivity contribution in [3.63, 3.8) is 0 Å². The van der Waals surface area contributed by atoms with E-state index in [0.717, 1.165) is 12.2 Å². The summed E-state index contributed by atoms with van der Waals surface area (Å²) in [5, 5.41) is 5.92. The molecule has 29 heavy (non-hydrogen) atoms. The second-order valence-electron chi connectivity index (χ2n) is 7.46. The lowest BCUT2D eigenvalue weighted by molar-refractivity contribution is 0.330. The largest absolute Gasteiger partial charge is 0.296 e. The van der Waals surface area contributed by atoms with Gasteiger partial charge in [-0.1, -0.05) is 42.5 Å². The van der Waals surface area contributed by atoms with Crippen molar-refractivity contribution in [1.29, 1.82) is 0 Å². The van der Waals surface area contributed by atoms with Gasteiger partial charge in [-0.3, -0.25) is 14.7 Å². The standard InChI is InChI=1S/C23H21N5O/c1-15-19(11-17-7-4-6-16-5-2-3-8-18(16)17)23-27-21(20-9-10-24-13-25-20)12-22(29)28(23)14-26-15/h2-10,12-13,15,19,26H,11,14H2,1H3. The highest BCUT2D eigenvalue weighted by atomic mass is 16.1. The summed E-state index contributed by atoms with van der Waals surface area (Å²) in [4.78, 5) is 25.9. The fourth-order valence-electron chi connectivity index (χ4n) is 4.12. The highest BCUT2D eigenvalue weighted by Crippen LogP contribution is 2.30. The molecule has 3 heterocycles. The number of nitrogens with one attached hydrogen (secondary N) is 1. The lowest BCUT2D eigenvalue weighted by Gasteiger charge is -2.33. The molecule has 144 valence electrons. The molecule has 0 spiro atoms. The number of rotatable bonds is 3. The Labute approximate surface area is 168 Å². The topological polar surface area (TPSA) is 72.7 Å². The Bertz CT molecular complexity index is 1230. The third-order valence-corrected chi connectivity index (χ3v) is 5.71. The number of hydrogen-bond donors (Lipinski definition) is 1. The lowest BCUT2D eigenvalue weighted by atomic mass is 9.88. The Hall–Kier alpha value is -3.38. The Morgan fingerprint density at radius 3 is 2.83 bits per heavy atom. The van der Waals surface area contributed by atoms with Gasteiger partial charge in [-0.05, 0) is 35.7 Å². The Kier molecular flexibility index (Phi) is 4.41. The first-order valence-electron chi connectivity index (χ1n) is 9.79. The zero-order valence-corrected chi connectivity index (χ0v) is 16.1. The van der Waals surface area contributed by atoms with Crippen molar-refractivity contribution in [1.82, 2.24) is 24.8 Å². The van der Waals surface area contributed by atoms with Gasteiger partial charge >= 0.3 is 0 Å². The van der Waals surface area contributed by atoms with Crippen LogP contribution in [0.5, 0.6) is 0 Å². The van der Waals surface area contributed by atoms with Gasteiger partial charge in [-0.2, -0.15) is 0 Å². The van der Waals surface area contributed by atoms with Gasteiger partial charge in [0, 0.05) is 24.2 Å². The van der Waals surface area contributed by atoms with Gasteiger partial charge in [0.15, 0.2) is 0 Å². The average Bonchev–Trinajstić information content (AvgIpc) is 2.76. The summed E-state index contributed by atoms with van der Waals surface area (Å²) in [5.41, 5.74) is 2.46. The number of hydrogen-bond acceptors (Lipinski definition) is 5. The van der Waals surface area contributed by atoms with Crippen molar-refractivity contribution in [2.75, 3.05) is 0 Å². The molecule has 0 bridgehead atoms. The molecule has 0 fully saturated rings. The van der Waals surface area contributed by atoms with Crippen molar-refractivity contribution in [3.05, 3.63) is 88.9 Å². The molecule has 5 rings (SSSR count). The average molecular weight is 383 g/mol. The molecule has 1 N–H and O–H groups in total.